The monoisotopic (exact) mass is 236 g/mol. The second-order valence-corrected chi connectivity index (χ2v) is 4.08. The molecule has 0 amide bonds. The predicted octanol–water partition coefficient (Wildman–Crippen LogP) is 1.74. The Morgan fingerprint density at radius 2 is 2.12 bits per heavy atom. The average Bonchev–Trinajstić information content (AvgIpc) is 3.19. The number of rotatable bonds is 5. The molecule has 1 aliphatic heterocycles. The Labute approximate surface area is 100 Å². The minimum atomic E-state index is -0.249. The Morgan fingerprint density at radius 1 is 1.47 bits per heavy atom. The molecule has 1 aromatic rings. The Balaban J connectivity index is 1.93. The van der Waals surface area contributed by atoms with Crippen molar-refractivity contribution in [2.45, 2.75) is 18.9 Å². The van der Waals surface area contributed by atoms with Crippen molar-refractivity contribution in [3.63, 3.8) is 0 Å². The maximum Gasteiger partial charge on any atom is 0.312 e. The average molecular weight is 236 g/mol. The number of esters is 1. The first-order chi connectivity index (χ1) is 8.20. The standard InChI is InChI=1S/C13H16O4/c1-9(13(14)15-2)10-3-5-11(6-4-10)16-7-12-8-17-12/h3-6,9,12H,7-8H2,1-2H3/t9-,12-/m1/s1. The van der Waals surface area contributed by atoms with E-state index in [0.717, 1.165) is 17.9 Å². The predicted molar refractivity (Wildman–Crippen MR) is 62.1 cm³/mol. The smallest absolute Gasteiger partial charge is 0.312 e. The zero-order valence-corrected chi connectivity index (χ0v) is 10.0. The zero-order chi connectivity index (χ0) is 12.3. The second kappa shape index (κ2) is 5.19. The number of carbonyl (C=O) groups is 1. The Kier molecular flexibility index (Phi) is 3.64. The highest BCUT2D eigenvalue weighted by molar-refractivity contribution is 5.77. The number of carbonyl (C=O) groups excluding carboxylic acids is 1. The zero-order valence-electron chi connectivity index (χ0n) is 10.0. The van der Waals surface area contributed by atoms with Crippen molar-refractivity contribution in [2.75, 3.05) is 20.3 Å². The number of methoxy groups -OCH3 is 1. The largest absolute Gasteiger partial charge is 0.491 e. The van der Waals surface area contributed by atoms with Gasteiger partial charge in [-0.15, -0.1) is 0 Å². The summed E-state index contributed by atoms with van der Waals surface area (Å²) in [6.07, 6.45) is 0.253. The first-order valence-electron chi connectivity index (χ1n) is 5.63. The Hall–Kier alpha value is -1.55. The van der Waals surface area contributed by atoms with E-state index in [1.54, 1.807) is 0 Å². The maximum atomic E-state index is 11.4. The quantitative estimate of drug-likeness (QED) is 0.577. The van der Waals surface area contributed by atoms with Gasteiger partial charge in [0, 0.05) is 0 Å². The number of hydrogen-bond donors (Lipinski definition) is 0. The lowest BCUT2D eigenvalue weighted by molar-refractivity contribution is -0.141. The van der Waals surface area contributed by atoms with E-state index in [9.17, 15) is 4.79 Å². The summed E-state index contributed by atoms with van der Waals surface area (Å²) in [7, 11) is 1.39. The lowest BCUT2D eigenvalue weighted by atomic mass is 10.0. The van der Waals surface area contributed by atoms with Gasteiger partial charge in [0.05, 0.1) is 19.6 Å². The SMILES string of the molecule is COC(=O)[C@H](C)c1ccc(OC[C@@H]2CO2)cc1. The van der Waals surface area contributed by atoms with Crippen molar-refractivity contribution in [1.82, 2.24) is 0 Å². The molecule has 1 heterocycles. The summed E-state index contributed by atoms with van der Waals surface area (Å²) in [6.45, 7) is 3.20. The molecule has 0 radical (unpaired) electrons. The van der Waals surface area contributed by atoms with Crippen LogP contribution in [-0.4, -0.2) is 32.4 Å². The number of hydrogen-bond acceptors (Lipinski definition) is 4. The third-order valence-electron chi connectivity index (χ3n) is 2.77. The topological polar surface area (TPSA) is 48.1 Å². The molecular weight excluding hydrogens is 220 g/mol. The van der Waals surface area contributed by atoms with E-state index in [4.69, 9.17) is 14.2 Å². The summed E-state index contributed by atoms with van der Waals surface area (Å²) in [5.41, 5.74) is 0.923. The fourth-order valence-corrected chi connectivity index (χ4v) is 1.52. The molecule has 2 atom stereocenters. The van der Waals surface area contributed by atoms with E-state index in [-0.39, 0.29) is 18.0 Å². The van der Waals surface area contributed by atoms with E-state index in [1.165, 1.54) is 7.11 Å². The molecule has 0 aromatic heterocycles. The molecule has 0 spiro atoms. The molecule has 0 saturated carbocycles. The molecule has 1 saturated heterocycles. The van der Waals surface area contributed by atoms with Crippen molar-refractivity contribution < 1.29 is 19.0 Å². The van der Waals surface area contributed by atoms with Gasteiger partial charge in [-0.2, -0.15) is 0 Å². The van der Waals surface area contributed by atoms with Gasteiger partial charge in [0.1, 0.15) is 18.5 Å². The van der Waals surface area contributed by atoms with Crippen LogP contribution in [0.5, 0.6) is 5.75 Å². The van der Waals surface area contributed by atoms with Crippen LogP contribution in [0.3, 0.4) is 0 Å². The van der Waals surface area contributed by atoms with Crippen molar-refractivity contribution in [3.05, 3.63) is 29.8 Å². The molecule has 1 aliphatic rings. The molecule has 0 unspecified atom stereocenters. The van der Waals surface area contributed by atoms with Gasteiger partial charge in [0.25, 0.3) is 0 Å². The van der Waals surface area contributed by atoms with Crippen molar-refractivity contribution in [3.8, 4) is 5.75 Å². The molecule has 4 nitrogen and oxygen atoms in total. The lowest BCUT2D eigenvalue weighted by Gasteiger charge is -2.10. The first-order valence-corrected chi connectivity index (χ1v) is 5.63. The van der Waals surface area contributed by atoms with Crippen LogP contribution in [0.2, 0.25) is 0 Å². The second-order valence-electron chi connectivity index (χ2n) is 4.08. The summed E-state index contributed by atoms with van der Waals surface area (Å²) >= 11 is 0. The lowest BCUT2D eigenvalue weighted by Crippen LogP contribution is -2.10. The van der Waals surface area contributed by atoms with Gasteiger partial charge in [-0.25, -0.2) is 0 Å². The summed E-state index contributed by atoms with van der Waals surface area (Å²) in [6, 6.07) is 7.48. The molecule has 0 bridgehead atoms. The van der Waals surface area contributed by atoms with Crippen molar-refractivity contribution in [1.29, 1.82) is 0 Å². The first kappa shape index (κ1) is 11.9. The third-order valence-corrected chi connectivity index (χ3v) is 2.77. The van der Waals surface area contributed by atoms with E-state index in [2.05, 4.69) is 0 Å². The summed E-state index contributed by atoms with van der Waals surface area (Å²) in [5.74, 6) is 0.312. The van der Waals surface area contributed by atoms with Gasteiger partial charge < -0.3 is 14.2 Å². The van der Waals surface area contributed by atoms with Crippen molar-refractivity contribution >= 4 is 5.97 Å². The van der Waals surface area contributed by atoms with Crippen LogP contribution in [0.25, 0.3) is 0 Å². The van der Waals surface area contributed by atoms with Gasteiger partial charge >= 0.3 is 5.97 Å². The number of benzene rings is 1. The molecular formula is C13H16O4. The summed E-state index contributed by atoms with van der Waals surface area (Å²) < 4.78 is 15.3. The summed E-state index contributed by atoms with van der Waals surface area (Å²) in [5, 5.41) is 0. The fourth-order valence-electron chi connectivity index (χ4n) is 1.52. The van der Waals surface area contributed by atoms with Crippen LogP contribution >= 0.6 is 0 Å². The van der Waals surface area contributed by atoms with Crippen molar-refractivity contribution in [2.24, 2.45) is 0 Å². The van der Waals surface area contributed by atoms with Gasteiger partial charge in [-0.3, -0.25) is 4.79 Å². The molecule has 1 aromatic carbocycles. The Morgan fingerprint density at radius 3 is 2.65 bits per heavy atom. The number of epoxide rings is 1. The van der Waals surface area contributed by atoms with E-state index >= 15 is 0 Å². The van der Waals surface area contributed by atoms with Crippen LogP contribution in [0, 0.1) is 0 Å². The highest BCUT2D eigenvalue weighted by atomic mass is 16.6. The van der Waals surface area contributed by atoms with Crippen LogP contribution in [-0.2, 0) is 14.3 Å². The van der Waals surface area contributed by atoms with Crippen LogP contribution in [0.15, 0.2) is 24.3 Å². The molecule has 0 N–H and O–H groups in total. The molecule has 92 valence electrons. The van der Waals surface area contributed by atoms with Crippen LogP contribution in [0.4, 0.5) is 0 Å². The minimum absolute atomic E-state index is 0.231. The van der Waals surface area contributed by atoms with E-state index in [0.29, 0.717) is 6.61 Å². The highest BCUT2D eigenvalue weighted by Gasteiger charge is 2.23. The van der Waals surface area contributed by atoms with E-state index < -0.39 is 0 Å². The summed E-state index contributed by atoms with van der Waals surface area (Å²) in [4.78, 5) is 11.4. The normalized spacial score (nSPS) is 19.5. The minimum Gasteiger partial charge on any atom is -0.491 e. The maximum absolute atomic E-state index is 11.4. The van der Waals surface area contributed by atoms with Gasteiger partial charge in [0.2, 0.25) is 0 Å². The van der Waals surface area contributed by atoms with Gasteiger partial charge in [-0.1, -0.05) is 12.1 Å². The molecule has 4 heteroatoms. The van der Waals surface area contributed by atoms with Gasteiger partial charge in [0.15, 0.2) is 0 Å². The molecule has 17 heavy (non-hydrogen) atoms. The molecule has 1 fully saturated rings. The molecule has 0 aliphatic carbocycles. The third kappa shape index (κ3) is 3.20. The fraction of sp³-hybridized carbons (Fsp3) is 0.462. The van der Waals surface area contributed by atoms with Crippen LogP contribution in [0.1, 0.15) is 18.4 Å². The van der Waals surface area contributed by atoms with Gasteiger partial charge in [-0.05, 0) is 24.6 Å². The Bertz CT molecular complexity index is 381. The highest BCUT2D eigenvalue weighted by Crippen LogP contribution is 2.21. The van der Waals surface area contributed by atoms with E-state index in [1.807, 2.05) is 31.2 Å². The molecule has 2 rings (SSSR count). The van der Waals surface area contributed by atoms with Crippen LogP contribution < -0.4 is 4.74 Å². The number of ether oxygens (including phenoxy) is 3.